The number of carbonyl (C=O) groups is 1. The van der Waals surface area contributed by atoms with Crippen LogP contribution >= 0.6 is 11.8 Å². The summed E-state index contributed by atoms with van der Waals surface area (Å²) in [4.78, 5) is 17.7. The van der Waals surface area contributed by atoms with Crippen LogP contribution in [0.1, 0.15) is 10.8 Å². The molecule has 2 heterocycles. The lowest BCUT2D eigenvalue weighted by Gasteiger charge is -2.16. The maximum Gasteiger partial charge on any atom is 0.242 e. The van der Waals surface area contributed by atoms with Crippen LogP contribution in [0.15, 0.2) is 84.0 Å². The van der Waals surface area contributed by atoms with Gasteiger partial charge in [-0.05, 0) is 42.0 Å². The van der Waals surface area contributed by atoms with Gasteiger partial charge in [0.1, 0.15) is 11.1 Å². The first-order valence-electron chi connectivity index (χ1n) is 9.28. The molecule has 148 valence electrons. The van der Waals surface area contributed by atoms with Crippen LogP contribution in [0.5, 0.6) is 0 Å². The van der Waals surface area contributed by atoms with Gasteiger partial charge in [0.05, 0.1) is 11.0 Å². The second kappa shape index (κ2) is 7.64. The van der Waals surface area contributed by atoms with Crippen molar-refractivity contribution in [1.29, 1.82) is 0 Å². The minimum atomic E-state index is -0.566. The lowest BCUT2D eigenvalue weighted by atomic mass is 10.1. The number of fused-ring (bicyclic) bond motifs is 3. The first kappa shape index (κ1) is 18.4. The summed E-state index contributed by atoms with van der Waals surface area (Å²) in [5, 5.41) is 10.2. The molecule has 2 aromatic heterocycles. The van der Waals surface area contributed by atoms with Gasteiger partial charge >= 0.3 is 0 Å². The van der Waals surface area contributed by atoms with E-state index < -0.39 is 5.25 Å². The summed E-state index contributed by atoms with van der Waals surface area (Å²) in [7, 11) is 0. The average Bonchev–Trinajstić information content (AvgIpc) is 3.33. The standard InChI is InChI=1S/C22H16FN5OS/c23-15-10-12-16(13-11-15)24-20(29)19(14-6-2-1-3-7-14)30-22-27-26-21-25-17-8-4-5-9-18(17)28(21)22/h1-13,19H,(H,24,29)(H,25,26). The summed E-state index contributed by atoms with van der Waals surface area (Å²) in [6, 6.07) is 22.9. The molecule has 1 amide bonds. The topological polar surface area (TPSA) is 75.1 Å². The minimum absolute atomic E-state index is 0.224. The fraction of sp³-hybridized carbons (Fsp3) is 0.0455. The van der Waals surface area contributed by atoms with Crippen molar-refractivity contribution >= 4 is 40.2 Å². The number of anilines is 1. The minimum Gasteiger partial charge on any atom is -0.325 e. The van der Waals surface area contributed by atoms with Gasteiger partial charge in [-0.2, -0.15) is 0 Å². The van der Waals surface area contributed by atoms with Crippen LogP contribution in [0.25, 0.3) is 16.8 Å². The SMILES string of the molecule is O=C(Nc1ccc(F)cc1)C(Sc1n[nH]c2nc3ccccc3n12)c1ccccc1. The van der Waals surface area contributed by atoms with Gasteiger partial charge in [-0.15, -0.1) is 5.10 Å². The Bertz CT molecular complexity index is 1330. The van der Waals surface area contributed by atoms with Crippen LogP contribution in [-0.4, -0.2) is 25.5 Å². The smallest absolute Gasteiger partial charge is 0.242 e. The molecule has 1 unspecified atom stereocenters. The number of halogens is 1. The molecule has 2 N–H and O–H groups in total. The molecule has 6 nitrogen and oxygen atoms in total. The maximum atomic E-state index is 13.2. The van der Waals surface area contributed by atoms with Crippen LogP contribution in [0, 0.1) is 5.82 Å². The van der Waals surface area contributed by atoms with Crippen molar-refractivity contribution in [3.63, 3.8) is 0 Å². The highest BCUT2D eigenvalue weighted by Gasteiger charge is 2.25. The van der Waals surface area contributed by atoms with Crippen LogP contribution in [-0.2, 0) is 4.79 Å². The number of hydrogen-bond donors (Lipinski definition) is 2. The Morgan fingerprint density at radius 2 is 1.73 bits per heavy atom. The molecule has 0 fully saturated rings. The maximum absolute atomic E-state index is 13.2. The third-order valence-electron chi connectivity index (χ3n) is 4.68. The van der Waals surface area contributed by atoms with Crippen molar-refractivity contribution in [2.75, 3.05) is 5.32 Å². The van der Waals surface area contributed by atoms with Gasteiger partial charge in [0, 0.05) is 5.69 Å². The first-order valence-corrected chi connectivity index (χ1v) is 10.2. The Balaban J connectivity index is 1.52. The molecule has 5 rings (SSSR count). The molecule has 30 heavy (non-hydrogen) atoms. The molecule has 1 atom stereocenters. The summed E-state index contributed by atoms with van der Waals surface area (Å²) >= 11 is 1.32. The highest BCUT2D eigenvalue weighted by Crippen LogP contribution is 2.36. The Morgan fingerprint density at radius 1 is 1.00 bits per heavy atom. The fourth-order valence-electron chi connectivity index (χ4n) is 3.27. The number of aromatic amines is 1. The van der Waals surface area contributed by atoms with E-state index in [1.54, 1.807) is 0 Å². The summed E-state index contributed by atoms with van der Waals surface area (Å²) in [6.45, 7) is 0. The van der Waals surface area contributed by atoms with Crippen molar-refractivity contribution in [2.45, 2.75) is 10.4 Å². The van der Waals surface area contributed by atoms with Crippen molar-refractivity contribution in [1.82, 2.24) is 19.6 Å². The van der Waals surface area contributed by atoms with Crippen molar-refractivity contribution < 1.29 is 9.18 Å². The van der Waals surface area contributed by atoms with Crippen LogP contribution < -0.4 is 5.32 Å². The third-order valence-corrected chi connectivity index (χ3v) is 5.89. The van der Waals surface area contributed by atoms with Crippen molar-refractivity contribution in [3.05, 3.63) is 90.2 Å². The van der Waals surface area contributed by atoms with Gasteiger partial charge in [0.2, 0.25) is 11.7 Å². The lowest BCUT2D eigenvalue weighted by Crippen LogP contribution is -2.19. The number of benzene rings is 3. The number of nitrogens with zero attached hydrogens (tertiary/aromatic N) is 3. The number of rotatable bonds is 5. The molecule has 0 aliphatic carbocycles. The van der Waals surface area contributed by atoms with Gasteiger partial charge in [0.15, 0.2) is 5.16 Å². The van der Waals surface area contributed by atoms with Crippen molar-refractivity contribution in [2.24, 2.45) is 0 Å². The summed E-state index contributed by atoms with van der Waals surface area (Å²) < 4.78 is 15.1. The second-order valence-corrected chi connectivity index (χ2v) is 7.74. The zero-order chi connectivity index (χ0) is 20.5. The Morgan fingerprint density at radius 3 is 2.53 bits per heavy atom. The molecular formula is C22H16FN5OS. The lowest BCUT2D eigenvalue weighted by molar-refractivity contribution is -0.115. The van der Waals surface area contributed by atoms with E-state index in [1.165, 1.54) is 36.0 Å². The van der Waals surface area contributed by atoms with Crippen molar-refractivity contribution in [3.8, 4) is 0 Å². The molecule has 0 aliphatic rings. The fourth-order valence-corrected chi connectivity index (χ4v) is 4.33. The second-order valence-electron chi connectivity index (χ2n) is 6.67. The molecule has 0 saturated heterocycles. The number of hydrogen-bond acceptors (Lipinski definition) is 4. The van der Waals surface area contributed by atoms with E-state index in [4.69, 9.17) is 0 Å². The van der Waals surface area contributed by atoms with E-state index in [9.17, 15) is 9.18 Å². The van der Waals surface area contributed by atoms with Crippen LogP contribution in [0.3, 0.4) is 0 Å². The zero-order valence-corrected chi connectivity index (χ0v) is 16.4. The molecule has 0 saturated carbocycles. The van der Waals surface area contributed by atoms with E-state index in [-0.39, 0.29) is 11.7 Å². The van der Waals surface area contributed by atoms with E-state index >= 15 is 0 Å². The first-order chi connectivity index (χ1) is 14.7. The largest absolute Gasteiger partial charge is 0.325 e. The average molecular weight is 417 g/mol. The Kier molecular flexibility index (Phi) is 4.68. The number of thioether (sulfide) groups is 1. The highest BCUT2D eigenvalue weighted by atomic mass is 32.2. The number of carbonyl (C=O) groups excluding carboxylic acids is 1. The quantitative estimate of drug-likeness (QED) is 0.402. The zero-order valence-electron chi connectivity index (χ0n) is 15.6. The molecule has 5 aromatic rings. The predicted octanol–water partition coefficient (Wildman–Crippen LogP) is 4.82. The summed E-state index contributed by atoms with van der Waals surface area (Å²) in [5.41, 5.74) is 3.13. The molecule has 0 radical (unpaired) electrons. The molecule has 0 bridgehead atoms. The van der Waals surface area contributed by atoms with E-state index in [2.05, 4.69) is 20.5 Å². The van der Waals surface area contributed by atoms with Gasteiger partial charge in [0.25, 0.3) is 0 Å². The number of para-hydroxylation sites is 2. The number of amides is 1. The summed E-state index contributed by atoms with van der Waals surface area (Å²) in [5.74, 6) is 0.0377. The van der Waals surface area contributed by atoms with Gasteiger partial charge in [-0.1, -0.05) is 54.2 Å². The highest BCUT2D eigenvalue weighted by molar-refractivity contribution is 8.00. The van der Waals surface area contributed by atoms with E-state index in [0.717, 1.165) is 16.6 Å². The number of H-pyrrole nitrogens is 1. The number of aromatic nitrogens is 4. The predicted molar refractivity (Wildman–Crippen MR) is 115 cm³/mol. The Hall–Kier alpha value is -3.65. The normalized spacial score (nSPS) is 12.3. The molecule has 0 aliphatic heterocycles. The van der Waals surface area contributed by atoms with Crippen LogP contribution in [0.2, 0.25) is 0 Å². The monoisotopic (exact) mass is 417 g/mol. The van der Waals surface area contributed by atoms with E-state index in [0.29, 0.717) is 16.6 Å². The third kappa shape index (κ3) is 3.42. The summed E-state index contributed by atoms with van der Waals surface area (Å²) in [6.07, 6.45) is 0. The molecule has 8 heteroatoms. The van der Waals surface area contributed by atoms with E-state index in [1.807, 2.05) is 59.0 Å². The van der Waals surface area contributed by atoms with Gasteiger partial charge < -0.3 is 5.32 Å². The molecular weight excluding hydrogens is 401 g/mol. The number of imidazole rings is 1. The van der Waals surface area contributed by atoms with Gasteiger partial charge in [-0.25, -0.2) is 14.5 Å². The molecule has 3 aromatic carbocycles. The Labute approximate surface area is 175 Å². The van der Waals surface area contributed by atoms with Gasteiger partial charge in [-0.3, -0.25) is 9.20 Å². The number of nitrogens with one attached hydrogen (secondary N) is 2. The van der Waals surface area contributed by atoms with Crippen LogP contribution in [0.4, 0.5) is 10.1 Å². The molecule has 0 spiro atoms.